The van der Waals surface area contributed by atoms with E-state index in [1.807, 2.05) is 6.07 Å². The molecule has 1 saturated heterocycles. The largest absolute Gasteiger partial charge is 0.508 e. The lowest BCUT2D eigenvalue weighted by atomic mass is 10.2. The van der Waals surface area contributed by atoms with Gasteiger partial charge in [-0.2, -0.15) is 18.4 Å². The molecule has 9 nitrogen and oxygen atoms in total. The molecule has 3 aromatic rings. The number of hydrogen-bond acceptors (Lipinski definition) is 7. The molecule has 0 bridgehead atoms. The molecule has 1 heterocycles. The maximum absolute atomic E-state index is 13.7. The van der Waals surface area contributed by atoms with Gasteiger partial charge in [-0.25, -0.2) is 13.2 Å². The van der Waals surface area contributed by atoms with E-state index in [9.17, 15) is 32.0 Å². The predicted molar refractivity (Wildman–Crippen MR) is 144 cm³/mol. The van der Waals surface area contributed by atoms with E-state index < -0.39 is 22.2 Å². The van der Waals surface area contributed by atoms with Crippen LogP contribution in [0.25, 0.3) is 0 Å². The van der Waals surface area contributed by atoms with Crippen LogP contribution in [0, 0.1) is 11.3 Å². The summed E-state index contributed by atoms with van der Waals surface area (Å²) < 4.78 is 66.2. The third kappa shape index (κ3) is 8.86. The summed E-state index contributed by atoms with van der Waals surface area (Å²) in [5.41, 5.74) is 1.12. The lowest BCUT2D eigenvalue weighted by molar-refractivity contribution is -0.192. The van der Waals surface area contributed by atoms with Crippen molar-refractivity contribution in [3.8, 4) is 17.6 Å². The van der Waals surface area contributed by atoms with Gasteiger partial charge < -0.3 is 14.9 Å². The summed E-state index contributed by atoms with van der Waals surface area (Å²) in [5, 5.41) is 26.5. The summed E-state index contributed by atoms with van der Waals surface area (Å²) in [6.07, 6.45) is -2.62. The lowest BCUT2D eigenvalue weighted by Gasteiger charge is -2.25. The Bertz CT molecular complexity index is 1470. The van der Waals surface area contributed by atoms with Crippen LogP contribution in [0.4, 0.5) is 18.9 Å². The summed E-state index contributed by atoms with van der Waals surface area (Å²) in [7, 11) is -4.07. The van der Waals surface area contributed by atoms with Crippen LogP contribution >= 0.6 is 0 Å². The molecule has 3 aromatic carbocycles. The topological polar surface area (TPSA) is 131 Å². The van der Waals surface area contributed by atoms with Gasteiger partial charge in [-0.05, 0) is 80.0 Å². The van der Waals surface area contributed by atoms with Crippen molar-refractivity contribution in [1.29, 1.82) is 5.26 Å². The van der Waals surface area contributed by atoms with E-state index in [4.69, 9.17) is 14.6 Å². The minimum atomic E-state index is -5.08. The number of sulfonamides is 1. The molecule has 0 unspecified atom stereocenters. The molecular weight excluding hydrogens is 563 g/mol. The smallest absolute Gasteiger partial charge is 0.490 e. The minimum Gasteiger partial charge on any atom is -0.508 e. The maximum atomic E-state index is 13.7. The van der Waals surface area contributed by atoms with Gasteiger partial charge in [0.05, 0.1) is 17.8 Å². The fraction of sp³-hybridized carbons (Fsp3) is 0.286. The zero-order valence-corrected chi connectivity index (χ0v) is 22.6. The number of phenols is 1. The Hall–Kier alpha value is -4.28. The highest BCUT2D eigenvalue weighted by Crippen LogP contribution is 2.30. The van der Waals surface area contributed by atoms with Gasteiger partial charge in [0.1, 0.15) is 29.1 Å². The van der Waals surface area contributed by atoms with Gasteiger partial charge >= 0.3 is 12.1 Å². The zero-order valence-electron chi connectivity index (χ0n) is 21.8. The molecule has 1 aliphatic rings. The summed E-state index contributed by atoms with van der Waals surface area (Å²) in [6.45, 7) is 3.64. The Balaban J connectivity index is 0.000000587. The number of carboxylic acid groups (broad SMARTS) is 1. The number of anilines is 1. The van der Waals surface area contributed by atoms with E-state index in [-0.39, 0.29) is 22.8 Å². The molecule has 41 heavy (non-hydrogen) atoms. The highest BCUT2D eigenvalue weighted by molar-refractivity contribution is 7.92. The van der Waals surface area contributed by atoms with E-state index in [0.717, 1.165) is 19.6 Å². The van der Waals surface area contributed by atoms with Crippen molar-refractivity contribution in [2.45, 2.75) is 30.5 Å². The number of carboxylic acids is 1. The summed E-state index contributed by atoms with van der Waals surface area (Å²) in [4.78, 5) is 11.2. The molecule has 0 aliphatic carbocycles. The monoisotopic (exact) mass is 591 g/mol. The molecule has 1 aliphatic heterocycles. The molecule has 4 rings (SSSR count). The third-order valence-electron chi connectivity index (χ3n) is 6.05. The highest BCUT2D eigenvalue weighted by atomic mass is 32.2. The van der Waals surface area contributed by atoms with Crippen molar-refractivity contribution in [2.24, 2.45) is 0 Å². The molecular formula is C28H28F3N3O6S. The van der Waals surface area contributed by atoms with Crippen molar-refractivity contribution in [3.63, 3.8) is 0 Å². The first-order valence-corrected chi connectivity index (χ1v) is 13.9. The van der Waals surface area contributed by atoms with Crippen LogP contribution in [-0.4, -0.2) is 61.9 Å². The maximum Gasteiger partial charge on any atom is 0.490 e. The third-order valence-corrected chi connectivity index (χ3v) is 7.89. The lowest BCUT2D eigenvalue weighted by Crippen LogP contribution is -2.31. The van der Waals surface area contributed by atoms with Crippen LogP contribution in [0.5, 0.6) is 11.5 Å². The SMILES string of the molecule is N#Cc1ccccc1S(=O)(=O)N(Cc1cccc(O)c1)c1ccc(OCCN2CCCC2)cc1.O=C(O)C(F)(F)F. The van der Waals surface area contributed by atoms with E-state index in [2.05, 4.69) is 4.90 Å². The van der Waals surface area contributed by atoms with Crippen LogP contribution < -0.4 is 9.04 Å². The van der Waals surface area contributed by atoms with Crippen molar-refractivity contribution < 1.29 is 41.3 Å². The number of carbonyl (C=O) groups is 1. The first-order valence-electron chi connectivity index (χ1n) is 12.5. The number of phenolic OH excluding ortho intramolecular Hbond substituents is 1. The average Bonchev–Trinajstić information content (AvgIpc) is 3.46. The number of aliphatic carboxylic acids is 1. The van der Waals surface area contributed by atoms with Gasteiger partial charge in [0.25, 0.3) is 10.0 Å². The van der Waals surface area contributed by atoms with E-state index in [1.54, 1.807) is 48.5 Å². The number of likely N-dealkylation sites (tertiary alicyclic amines) is 1. The molecule has 2 N–H and O–H groups in total. The summed E-state index contributed by atoms with van der Waals surface area (Å²) >= 11 is 0. The van der Waals surface area contributed by atoms with E-state index in [1.165, 1.54) is 41.4 Å². The van der Waals surface area contributed by atoms with Crippen LogP contribution in [0.15, 0.2) is 77.7 Å². The summed E-state index contributed by atoms with van der Waals surface area (Å²) in [5.74, 6) is -2.04. The first-order chi connectivity index (χ1) is 19.4. The molecule has 0 spiro atoms. The number of ether oxygens (including phenoxy) is 1. The second-order valence-electron chi connectivity index (χ2n) is 8.98. The zero-order chi connectivity index (χ0) is 30.0. The average molecular weight is 592 g/mol. The van der Waals surface area contributed by atoms with Gasteiger partial charge in [-0.15, -0.1) is 0 Å². The Kier molecular flexibility index (Phi) is 10.6. The molecule has 0 atom stereocenters. The number of rotatable bonds is 9. The van der Waals surface area contributed by atoms with Crippen molar-refractivity contribution >= 4 is 21.7 Å². The van der Waals surface area contributed by atoms with Crippen molar-refractivity contribution in [1.82, 2.24) is 4.90 Å². The van der Waals surface area contributed by atoms with Crippen LogP contribution in [0.3, 0.4) is 0 Å². The standard InChI is InChI=1S/C26H27N3O4S.C2HF3O2/c27-19-22-7-1-2-9-26(22)34(31,32)29(20-21-6-5-8-24(30)18-21)23-10-12-25(13-11-23)33-17-16-28-14-3-4-15-28;3-2(4,5)1(6)7/h1-2,5-13,18,30H,3-4,14-17,20H2;(H,6,7). The molecule has 0 amide bonds. The Morgan fingerprint density at radius 2 is 1.66 bits per heavy atom. The second kappa shape index (κ2) is 13.9. The number of aromatic hydroxyl groups is 1. The predicted octanol–water partition coefficient (Wildman–Crippen LogP) is 4.77. The second-order valence-corrected chi connectivity index (χ2v) is 10.8. The Labute approximate surface area is 235 Å². The molecule has 0 aromatic heterocycles. The number of benzene rings is 3. The van der Waals surface area contributed by atoms with Crippen LogP contribution in [0.1, 0.15) is 24.0 Å². The van der Waals surface area contributed by atoms with Gasteiger partial charge in [-0.3, -0.25) is 9.21 Å². The molecule has 0 saturated carbocycles. The molecule has 218 valence electrons. The van der Waals surface area contributed by atoms with Crippen LogP contribution in [0.2, 0.25) is 0 Å². The molecule has 1 fully saturated rings. The molecule has 0 radical (unpaired) electrons. The first kappa shape index (κ1) is 31.3. The van der Waals surface area contributed by atoms with Gasteiger partial charge in [0.2, 0.25) is 0 Å². The number of nitrogens with zero attached hydrogens (tertiary/aromatic N) is 3. The normalized spacial score (nSPS) is 13.5. The number of hydrogen-bond donors (Lipinski definition) is 2. The van der Waals surface area contributed by atoms with Crippen LogP contribution in [-0.2, 0) is 21.4 Å². The van der Waals surface area contributed by atoms with Crippen molar-refractivity contribution in [3.05, 3.63) is 83.9 Å². The van der Waals surface area contributed by atoms with Crippen molar-refractivity contribution in [2.75, 3.05) is 30.5 Å². The number of nitriles is 1. The van der Waals surface area contributed by atoms with E-state index in [0.29, 0.717) is 23.6 Å². The van der Waals surface area contributed by atoms with E-state index >= 15 is 0 Å². The van der Waals surface area contributed by atoms with Gasteiger partial charge in [-0.1, -0.05) is 24.3 Å². The quantitative estimate of drug-likeness (QED) is 0.364. The number of halogens is 3. The Morgan fingerprint density at radius 1 is 1.02 bits per heavy atom. The number of alkyl halides is 3. The van der Waals surface area contributed by atoms with Gasteiger partial charge in [0.15, 0.2) is 0 Å². The minimum absolute atomic E-state index is 0.00827. The van der Waals surface area contributed by atoms with Gasteiger partial charge in [0, 0.05) is 6.54 Å². The molecule has 13 heteroatoms. The fourth-order valence-electron chi connectivity index (χ4n) is 4.05. The fourth-order valence-corrected chi connectivity index (χ4v) is 5.64. The summed E-state index contributed by atoms with van der Waals surface area (Å²) in [6, 6.07) is 21.5. The highest BCUT2D eigenvalue weighted by Gasteiger charge is 2.38. The Morgan fingerprint density at radius 3 is 2.24 bits per heavy atom.